The van der Waals surface area contributed by atoms with Crippen LogP contribution in [-0.2, 0) is 16.8 Å². The lowest BCUT2D eigenvalue weighted by Crippen LogP contribution is -2.54. The van der Waals surface area contributed by atoms with Gasteiger partial charge in [-0.3, -0.25) is 9.59 Å². The Bertz CT molecular complexity index is 853. The van der Waals surface area contributed by atoms with Crippen LogP contribution in [0, 0.1) is 0 Å². The van der Waals surface area contributed by atoms with Gasteiger partial charge in [0.25, 0.3) is 5.91 Å². The molecule has 0 spiro atoms. The molecule has 1 aliphatic heterocycles. The van der Waals surface area contributed by atoms with Crippen LogP contribution >= 0.6 is 0 Å². The maximum atomic E-state index is 13.1. The monoisotopic (exact) mass is 393 g/mol. The predicted molar refractivity (Wildman–Crippen MR) is 116 cm³/mol. The second kappa shape index (κ2) is 8.78. The van der Waals surface area contributed by atoms with E-state index in [2.05, 4.69) is 4.90 Å². The number of nitrogens with zero attached hydrogens (tertiary/aromatic N) is 3. The first-order valence-corrected chi connectivity index (χ1v) is 10.2. The second-order valence-electron chi connectivity index (χ2n) is 8.51. The lowest BCUT2D eigenvalue weighted by molar-refractivity contribution is -0.137. The van der Waals surface area contributed by atoms with E-state index in [1.807, 2.05) is 92.3 Å². The highest BCUT2D eigenvalue weighted by molar-refractivity contribution is 5.94. The summed E-state index contributed by atoms with van der Waals surface area (Å²) < 4.78 is 0. The van der Waals surface area contributed by atoms with E-state index in [0.717, 1.165) is 17.7 Å². The van der Waals surface area contributed by atoms with Crippen molar-refractivity contribution in [3.8, 4) is 0 Å². The number of rotatable bonds is 5. The fourth-order valence-corrected chi connectivity index (χ4v) is 3.84. The summed E-state index contributed by atoms with van der Waals surface area (Å²) in [5.74, 6) is 0.156. The summed E-state index contributed by atoms with van der Waals surface area (Å²) in [5.41, 5.74) is 2.28. The third-order valence-electron chi connectivity index (χ3n) is 5.56. The molecule has 154 valence electrons. The normalized spacial score (nSPS) is 14.9. The van der Waals surface area contributed by atoms with E-state index in [1.165, 1.54) is 0 Å². The Hall–Kier alpha value is -2.66. The molecule has 3 rings (SSSR count). The minimum Gasteiger partial charge on any atom is -0.338 e. The Kier molecular flexibility index (Phi) is 6.38. The second-order valence-corrected chi connectivity index (χ2v) is 8.51. The molecule has 0 aliphatic carbocycles. The minimum atomic E-state index is -0.575. The van der Waals surface area contributed by atoms with Gasteiger partial charge in [-0.2, -0.15) is 0 Å². The average Bonchev–Trinajstić information content (AvgIpc) is 2.73. The van der Waals surface area contributed by atoms with Crippen LogP contribution in [0.15, 0.2) is 54.6 Å². The zero-order chi connectivity index (χ0) is 21.0. The molecule has 5 heteroatoms. The maximum absolute atomic E-state index is 13.1. The minimum absolute atomic E-state index is 0.0417. The third kappa shape index (κ3) is 4.85. The molecule has 2 aromatic carbocycles. The zero-order valence-corrected chi connectivity index (χ0v) is 17.9. The number of hydrogen-bond donors (Lipinski definition) is 0. The summed E-state index contributed by atoms with van der Waals surface area (Å²) in [6.45, 7) is 7.01. The molecule has 0 aromatic heterocycles. The lowest BCUT2D eigenvalue weighted by atomic mass is 9.83. The standard InChI is InChI=1S/C24H31N3O2/c1-24(2,21-11-6-5-7-12-21)23(29)27-15-13-26(14-16-27)22(28)20-10-8-9-19(17-20)18-25(3)4/h5-12,17H,13-16,18H2,1-4H3. The maximum Gasteiger partial charge on any atom is 0.253 e. The Morgan fingerprint density at radius 3 is 2.14 bits per heavy atom. The van der Waals surface area contributed by atoms with E-state index in [0.29, 0.717) is 31.7 Å². The highest BCUT2D eigenvalue weighted by Gasteiger charge is 2.35. The Morgan fingerprint density at radius 2 is 1.52 bits per heavy atom. The molecule has 0 bridgehead atoms. The average molecular weight is 394 g/mol. The van der Waals surface area contributed by atoms with Gasteiger partial charge < -0.3 is 14.7 Å². The Morgan fingerprint density at radius 1 is 0.897 bits per heavy atom. The largest absolute Gasteiger partial charge is 0.338 e. The Labute approximate surface area is 173 Å². The third-order valence-corrected chi connectivity index (χ3v) is 5.56. The summed E-state index contributed by atoms with van der Waals surface area (Å²) in [7, 11) is 4.03. The van der Waals surface area contributed by atoms with E-state index in [9.17, 15) is 9.59 Å². The molecular weight excluding hydrogens is 362 g/mol. The van der Waals surface area contributed by atoms with Crippen molar-refractivity contribution >= 4 is 11.8 Å². The van der Waals surface area contributed by atoms with Crippen LogP contribution in [0.4, 0.5) is 0 Å². The number of hydrogen-bond acceptors (Lipinski definition) is 3. The van der Waals surface area contributed by atoms with E-state index >= 15 is 0 Å². The first kappa shape index (κ1) is 21.1. The molecule has 0 radical (unpaired) electrons. The SMILES string of the molecule is CN(C)Cc1cccc(C(=O)N2CCN(C(=O)C(C)(C)c3ccccc3)CC2)c1. The van der Waals surface area contributed by atoms with Crippen molar-refractivity contribution in [2.45, 2.75) is 25.8 Å². The fraction of sp³-hybridized carbons (Fsp3) is 0.417. The van der Waals surface area contributed by atoms with E-state index in [-0.39, 0.29) is 11.8 Å². The predicted octanol–water partition coefficient (Wildman–Crippen LogP) is 3.01. The van der Waals surface area contributed by atoms with Gasteiger partial charge >= 0.3 is 0 Å². The van der Waals surface area contributed by atoms with Gasteiger partial charge in [0.1, 0.15) is 0 Å². The van der Waals surface area contributed by atoms with Crippen LogP contribution in [0.5, 0.6) is 0 Å². The molecule has 0 atom stereocenters. The van der Waals surface area contributed by atoms with Gasteiger partial charge in [-0.25, -0.2) is 0 Å². The van der Waals surface area contributed by atoms with Gasteiger partial charge in [0.15, 0.2) is 0 Å². The van der Waals surface area contributed by atoms with Crippen LogP contribution in [-0.4, -0.2) is 66.8 Å². The van der Waals surface area contributed by atoms with Crippen LogP contribution in [0.2, 0.25) is 0 Å². The first-order chi connectivity index (χ1) is 13.8. The van der Waals surface area contributed by atoms with Gasteiger partial charge in [0.05, 0.1) is 5.41 Å². The molecule has 1 aliphatic rings. The molecule has 0 unspecified atom stereocenters. The van der Waals surface area contributed by atoms with Crippen LogP contribution in [0.1, 0.15) is 35.3 Å². The molecule has 1 fully saturated rings. The molecule has 2 amide bonds. The molecule has 5 nitrogen and oxygen atoms in total. The van der Waals surface area contributed by atoms with Gasteiger partial charge in [0, 0.05) is 38.3 Å². The van der Waals surface area contributed by atoms with Crippen molar-refractivity contribution in [1.29, 1.82) is 0 Å². The van der Waals surface area contributed by atoms with E-state index in [1.54, 1.807) is 0 Å². The Balaban J connectivity index is 1.63. The quantitative estimate of drug-likeness (QED) is 0.784. The van der Waals surface area contributed by atoms with Crippen LogP contribution < -0.4 is 0 Å². The van der Waals surface area contributed by atoms with Crippen molar-refractivity contribution < 1.29 is 9.59 Å². The van der Waals surface area contributed by atoms with Gasteiger partial charge in [-0.1, -0.05) is 42.5 Å². The summed E-state index contributed by atoms with van der Waals surface area (Å²) >= 11 is 0. The van der Waals surface area contributed by atoms with Gasteiger partial charge in [-0.05, 0) is 51.2 Å². The van der Waals surface area contributed by atoms with Crippen molar-refractivity contribution in [3.05, 3.63) is 71.3 Å². The van der Waals surface area contributed by atoms with Crippen molar-refractivity contribution in [3.63, 3.8) is 0 Å². The molecule has 0 saturated carbocycles. The van der Waals surface area contributed by atoms with Crippen molar-refractivity contribution in [2.24, 2.45) is 0 Å². The van der Waals surface area contributed by atoms with Gasteiger partial charge in [0.2, 0.25) is 5.91 Å². The van der Waals surface area contributed by atoms with Crippen LogP contribution in [0.25, 0.3) is 0 Å². The van der Waals surface area contributed by atoms with Crippen molar-refractivity contribution in [2.75, 3.05) is 40.3 Å². The van der Waals surface area contributed by atoms with Gasteiger partial charge in [-0.15, -0.1) is 0 Å². The zero-order valence-electron chi connectivity index (χ0n) is 17.9. The van der Waals surface area contributed by atoms with Crippen molar-refractivity contribution in [1.82, 2.24) is 14.7 Å². The summed E-state index contributed by atoms with van der Waals surface area (Å²) in [6.07, 6.45) is 0. The number of carbonyl (C=O) groups is 2. The molecular formula is C24H31N3O2. The molecule has 29 heavy (non-hydrogen) atoms. The summed E-state index contributed by atoms with van der Waals surface area (Å²) in [6, 6.07) is 17.7. The number of carbonyl (C=O) groups excluding carboxylic acids is 2. The summed E-state index contributed by atoms with van der Waals surface area (Å²) in [5, 5.41) is 0. The first-order valence-electron chi connectivity index (χ1n) is 10.2. The van der Waals surface area contributed by atoms with E-state index in [4.69, 9.17) is 0 Å². The smallest absolute Gasteiger partial charge is 0.253 e. The highest BCUT2D eigenvalue weighted by Crippen LogP contribution is 2.26. The topological polar surface area (TPSA) is 43.9 Å². The highest BCUT2D eigenvalue weighted by atomic mass is 16.2. The molecule has 2 aromatic rings. The summed E-state index contributed by atoms with van der Waals surface area (Å²) in [4.78, 5) is 31.9. The molecule has 1 saturated heterocycles. The number of amides is 2. The molecule has 0 N–H and O–H groups in total. The fourth-order valence-electron chi connectivity index (χ4n) is 3.84. The van der Waals surface area contributed by atoms with E-state index < -0.39 is 5.41 Å². The lowest BCUT2D eigenvalue weighted by Gasteiger charge is -2.38. The van der Waals surface area contributed by atoms with Crippen LogP contribution in [0.3, 0.4) is 0 Å². The number of benzene rings is 2. The molecule has 1 heterocycles. The number of piperazine rings is 1.